The van der Waals surface area contributed by atoms with Crippen LogP contribution in [0.15, 0.2) is 0 Å². The molecule has 0 spiro atoms. The number of carbonyl (C=O) groups excluding carboxylic acids is 2. The number of carbonyl (C=O) groups is 2. The molecule has 1 unspecified atom stereocenters. The molecule has 1 fully saturated rings. The van der Waals surface area contributed by atoms with Crippen molar-refractivity contribution in [2.24, 2.45) is 11.7 Å². The van der Waals surface area contributed by atoms with E-state index in [0.29, 0.717) is 12.5 Å². The molecule has 0 aromatic carbocycles. The van der Waals surface area contributed by atoms with Crippen LogP contribution >= 0.6 is 12.4 Å². The molecule has 0 aliphatic heterocycles. The number of halogens is 1. The van der Waals surface area contributed by atoms with Crippen molar-refractivity contribution in [2.75, 3.05) is 20.1 Å². The van der Waals surface area contributed by atoms with E-state index < -0.39 is 6.03 Å². The Bertz CT molecular complexity index is 340. The fourth-order valence-electron chi connectivity index (χ4n) is 2.10. The fraction of sp³-hybridized carbons (Fsp3) is 0.846. The normalized spacial score (nSPS) is 16.3. The lowest BCUT2D eigenvalue weighted by molar-refractivity contribution is -0.121. The Balaban J connectivity index is 0.00000361. The Hall–Kier alpha value is -0.850. The van der Waals surface area contributed by atoms with E-state index >= 15 is 0 Å². The highest BCUT2D eigenvalue weighted by Gasteiger charge is 2.33. The minimum Gasteiger partial charge on any atom is -0.333 e. The molecule has 3 amide bonds. The average molecular weight is 307 g/mol. The second kappa shape index (κ2) is 7.81. The maximum Gasteiger partial charge on any atom is 0.321 e. The number of hydrogen-bond donors (Lipinski definition) is 3. The zero-order valence-electron chi connectivity index (χ0n) is 12.7. The fourth-order valence-corrected chi connectivity index (χ4v) is 2.10. The molecule has 0 bridgehead atoms. The largest absolute Gasteiger partial charge is 0.333 e. The van der Waals surface area contributed by atoms with Crippen molar-refractivity contribution in [3.8, 4) is 0 Å². The number of nitrogens with one attached hydrogen (secondary N) is 2. The lowest BCUT2D eigenvalue weighted by Crippen LogP contribution is -2.51. The van der Waals surface area contributed by atoms with Gasteiger partial charge in [0.15, 0.2) is 0 Å². The van der Waals surface area contributed by atoms with Gasteiger partial charge >= 0.3 is 6.03 Å². The summed E-state index contributed by atoms with van der Waals surface area (Å²) in [6.45, 7) is 6.32. The molecule has 1 rings (SSSR count). The van der Waals surface area contributed by atoms with Crippen LogP contribution in [0.3, 0.4) is 0 Å². The van der Waals surface area contributed by atoms with Gasteiger partial charge in [0, 0.05) is 18.1 Å². The Morgan fingerprint density at radius 2 is 1.90 bits per heavy atom. The molecule has 1 atom stereocenters. The van der Waals surface area contributed by atoms with E-state index in [-0.39, 0.29) is 36.4 Å². The third kappa shape index (κ3) is 7.07. The zero-order chi connectivity index (χ0) is 14.6. The molecule has 0 saturated heterocycles. The first-order valence-corrected chi connectivity index (χ1v) is 6.75. The second-order valence-corrected chi connectivity index (χ2v) is 6.31. The van der Waals surface area contributed by atoms with Gasteiger partial charge in [-0.3, -0.25) is 15.0 Å². The molecule has 0 heterocycles. The summed E-state index contributed by atoms with van der Waals surface area (Å²) < 4.78 is 0. The minimum atomic E-state index is -0.457. The van der Waals surface area contributed by atoms with E-state index in [1.807, 2.05) is 32.7 Å². The van der Waals surface area contributed by atoms with Gasteiger partial charge in [0.1, 0.15) is 0 Å². The van der Waals surface area contributed by atoms with Crippen molar-refractivity contribution in [1.82, 2.24) is 15.5 Å². The van der Waals surface area contributed by atoms with Gasteiger partial charge < -0.3 is 11.1 Å². The van der Waals surface area contributed by atoms with E-state index in [2.05, 4.69) is 10.6 Å². The summed E-state index contributed by atoms with van der Waals surface area (Å²) in [6.07, 6.45) is 2.36. The van der Waals surface area contributed by atoms with E-state index in [1.165, 1.54) is 12.8 Å². The van der Waals surface area contributed by atoms with Gasteiger partial charge in [0.2, 0.25) is 5.91 Å². The van der Waals surface area contributed by atoms with E-state index in [9.17, 15) is 9.59 Å². The van der Waals surface area contributed by atoms with Gasteiger partial charge in [-0.1, -0.05) is 0 Å². The molecule has 7 heteroatoms. The molecular formula is C13H27ClN4O2. The van der Waals surface area contributed by atoms with Crippen LogP contribution in [0.1, 0.15) is 33.6 Å². The highest BCUT2D eigenvalue weighted by Crippen LogP contribution is 2.34. The Morgan fingerprint density at radius 1 is 1.35 bits per heavy atom. The predicted octanol–water partition coefficient (Wildman–Crippen LogP) is 0.702. The first kappa shape index (κ1) is 19.1. The van der Waals surface area contributed by atoms with Gasteiger partial charge in [-0.05, 0) is 46.6 Å². The minimum absolute atomic E-state index is 0. The number of likely N-dealkylation sites (N-methyl/N-ethyl adjacent to an activating group) is 1. The average Bonchev–Trinajstić information content (AvgIpc) is 2.98. The van der Waals surface area contributed by atoms with E-state index in [0.717, 1.165) is 0 Å². The first-order valence-electron chi connectivity index (χ1n) is 6.75. The zero-order valence-corrected chi connectivity index (χ0v) is 13.5. The molecule has 0 aromatic rings. The molecule has 1 saturated carbocycles. The van der Waals surface area contributed by atoms with Crippen LogP contribution in [-0.4, -0.2) is 48.6 Å². The van der Waals surface area contributed by atoms with Gasteiger partial charge in [-0.2, -0.15) is 0 Å². The SMILES string of the molecule is CN(CC(=O)NC(=O)NC(C)(C)C)C(CN)C1CC1.Cl. The molecule has 0 aromatic heterocycles. The Labute approximate surface area is 127 Å². The van der Waals surface area contributed by atoms with Crippen molar-refractivity contribution in [3.05, 3.63) is 0 Å². The number of nitrogens with two attached hydrogens (primary N) is 1. The van der Waals surface area contributed by atoms with Gasteiger partial charge in [-0.15, -0.1) is 12.4 Å². The number of urea groups is 1. The summed E-state index contributed by atoms with van der Waals surface area (Å²) in [4.78, 5) is 25.2. The van der Waals surface area contributed by atoms with Crippen molar-refractivity contribution >= 4 is 24.3 Å². The van der Waals surface area contributed by atoms with Crippen LogP contribution in [0.2, 0.25) is 0 Å². The van der Waals surface area contributed by atoms with Crippen molar-refractivity contribution < 1.29 is 9.59 Å². The number of rotatable bonds is 5. The predicted molar refractivity (Wildman–Crippen MR) is 81.9 cm³/mol. The molecule has 1 aliphatic rings. The van der Waals surface area contributed by atoms with Gasteiger partial charge in [-0.25, -0.2) is 4.79 Å². The van der Waals surface area contributed by atoms with Gasteiger partial charge in [0.05, 0.1) is 6.54 Å². The quantitative estimate of drug-likeness (QED) is 0.698. The van der Waals surface area contributed by atoms with Gasteiger partial charge in [0.25, 0.3) is 0 Å². The lowest BCUT2D eigenvalue weighted by Gasteiger charge is -2.26. The summed E-state index contributed by atoms with van der Waals surface area (Å²) in [6, 6.07) is -0.224. The standard InChI is InChI=1S/C13H26N4O2.ClH/c1-13(2,3)16-12(19)15-11(18)8-17(4)10(7-14)9-5-6-9;/h9-10H,5-8,14H2,1-4H3,(H2,15,16,18,19);1H. The summed E-state index contributed by atoms with van der Waals surface area (Å²) in [5.74, 6) is 0.301. The van der Waals surface area contributed by atoms with Crippen LogP contribution in [0.25, 0.3) is 0 Å². The van der Waals surface area contributed by atoms with Crippen LogP contribution in [-0.2, 0) is 4.79 Å². The van der Waals surface area contributed by atoms with Crippen LogP contribution < -0.4 is 16.4 Å². The second-order valence-electron chi connectivity index (χ2n) is 6.31. The summed E-state index contributed by atoms with van der Waals surface area (Å²) in [7, 11) is 1.87. The van der Waals surface area contributed by atoms with Crippen molar-refractivity contribution in [1.29, 1.82) is 0 Å². The highest BCUT2D eigenvalue weighted by molar-refractivity contribution is 5.95. The highest BCUT2D eigenvalue weighted by atomic mass is 35.5. The number of hydrogen-bond acceptors (Lipinski definition) is 4. The van der Waals surface area contributed by atoms with Crippen molar-refractivity contribution in [3.63, 3.8) is 0 Å². The first-order chi connectivity index (χ1) is 8.73. The molecular weight excluding hydrogens is 280 g/mol. The summed E-state index contributed by atoms with van der Waals surface area (Å²) >= 11 is 0. The molecule has 4 N–H and O–H groups in total. The topological polar surface area (TPSA) is 87.5 Å². The summed E-state index contributed by atoms with van der Waals surface area (Å²) in [5, 5.41) is 5.02. The summed E-state index contributed by atoms with van der Waals surface area (Å²) in [5.41, 5.74) is 5.37. The van der Waals surface area contributed by atoms with Crippen LogP contribution in [0.5, 0.6) is 0 Å². The maximum atomic E-state index is 11.8. The third-order valence-corrected chi connectivity index (χ3v) is 3.11. The van der Waals surface area contributed by atoms with Crippen molar-refractivity contribution in [2.45, 2.75) is 45.2 Å². The molecule has 1 aliphatic carbocycles. The van der Waals surface area contributed by atoms with Crippen LogP contribution in [0, 0.1) is 5.92 Å². The third-order valence-electron chi connectivity index (χ3n) is 3.11. The Kier molecular flexibility index (Phi) is 7.47. The maximum absolute atomic E-state index is 11.8. The number of amides is 3. The number of nitrogens with zero attached hydrogens (tertiary/aromatic N) is 1. The van der Waals surface area contributed by atoms with E-state index in [4.69, 9.17) is 5.73 Å². The lowest BCUT2D eigenvalue weighted by atomic mass is 10.1. The monoisotopic (exact) mass is 306 g/mol. The van der Waals surface area contributed by atoms with Crippen LogP contribution in [0.4, 0.5) is 4.79 Å². The Morgan fingerprint density at radius 3 is 2.30 bits per heavy atom. The molecule has 20 heavy (non-hydrogen) atoms. The smallest absolute Gasteiger partial charge is 0.321 e. The molecule has 6 nitrogen and oxygen atoms in total. The molecule has 118 valence electrons. The number of imide groups is 1. The molecule has 0 radical (unpaired) electrons. The van der Waals surface area contributed by atoms with E-state index in [1.54, 1.807) is 0 Å².